The number of fused-ring (bicyclic) bond motifs is 2. The molecule has 5 aromatic rings. The Balaban J connectivity index is 1.44. The van der Waals surface area contributed by atoms with Gasteiger partial charge in [0, 0.05) is 35.0 Å². The first-order valence-electron chi connectivity index (χ1n) is 10.7. The fraction of sp³-hybridized carbons (Fsp3) is 0.154. The zero-order chi connectivity index (χ0) is 22.6. The van der Waals surface area contributed by atoms with E-state index in [0.29, 0.717) is 11.3 Å². The summed E-state index contributed by atoms with van der Waals surface area (Å²) in [4.78, 5) is 25.1. The number of esters is 1. The highest BCUT2D eigenvalue weighted by atomic mass is 19.1. The van der Waals surface area contributed by atoms with Gasteiger partial charge in [0.25, 0.3) is 0 Å². The third-order valence-corrected chi connectivity index (χ3v) is 6.47. The standard InChI is InChI=1S/C26H19FN4O2/c1-33-24(32)20-6-4-16(12-21(20)27)18-13-29-25-30-14-23(31(25)15-18)26(8-9-26)19-5-7-22-17(11-19)3-2-10-28-22/h2-7,10-15H,8-9H2,1H3. The average molecular weight is 438 g/mol. The van der Waals surface area contributed by atoms with Gasteiger partial charge in [-0.25, -0.2) is 19.2 Å². The second-order valence-electron chi connectivity index (χ2n) is 8.34. The van der Waals surface area contributed by atoms with E-state index in [1.165, 1.54) is 24.8 Å². The Morgan fingerprint density at radius 1 is 1.03 bits per heavy atom. The number of carbonyl (C=O) groups excluding carboxylic acids is 1. The molecule has 3 heterocycles. The van der Waals surface area contributed by atoms with Gasteiger partial charge >= 0.3 is 5.97 Å². The normalized spacial score (nSPS) is 14.5. The maximum atomic E-state index is 14.5. The van der Waals surface area contributed by atoms with Crippen LogP contribution >= 0.6 is 0 Å². The van der Waals surface area contributed by atoms with Crippen LogP contribution in [0.2, 0.25) is 0 Å². The van der Waals surface area contributed by atoms with E-state index in [9.17, 15) is 9.18 Å². The number of aromatic nitrogens is 4. The molecule has 6 rings (SSSR count). The average Bonchev–Trinajstić information content (AvgIpc) is 3.55. The summed E-state index contributed by atoms with van der Waals surface area (Å²) >= 11 is 0. The minimum atomic E-state index is -0.703. The van der Waals surface area contributed by atoms with E-state index in [1.807, 2.05) is 22.9 Å². The molecule has 1 fully saturated rings. The molecule has 1 aliphatic carbocycles. The maximum absolute atomic E-state index is 14.5. The van der Waals surface area contributed by atoms with Crippen LogP contribution in [-0.4, -0.2) is 32.4 Å². The molecule has 0 radical (unpaired) electrons. The summed E-state index contributed by atoms with van der Waals surface area (Å²) in [6.07, 6.45) is 9.30. The third-order valence-electron chi connectivity index (χ3n) is 6.47. The highest BCUT2D eigenvalue weighted by molar-refractivity contribution is 5.90. The summed E-state index contributed by atoms with van der Waals surface area (Å²) in [7, 11) is 1.23. The number of benzene rings is 2. The van der Waals surface area contributed by atoms with Crippen LogP contribution in [0.3, 0.4) is 0 Å². The molecule has 7 heteroatoms. The van der Waals surface area contributed by atoms with Crippen molar-refractivity contribution in [2.24, 2.45) is 0 Å². The molecule has 0 bridgehead atoms. The number of rotatable bonds is 4. The number of hydrogen-bond donors (Lipinski definition) is 0. The smallest absolute Gasteiger partial charge is 0.340 e. The van der Waals surface area contributed by atoms with Gasteiger partial charge in [-0.2, -0.15) is 0 Å². The number of halogens is 1. The van der Waals surface area contributed by atoms with E-state index in [0.717, 1.165) is 35.0 Å². The lowest BCUT2D eigenvalue weighted by Gasteiger charge is -2.17. The van der Waals surface area contributed by atoms with E-state index >= 15 is 0 Å². The highest BCUT2D eigenvalue weighted by Gasteiger charge is 2.48. The van der Waals surface area contributed by atoms with Gasteiger partial charge in [0.2, 0.25) is 5.78 Å². The first kappa shape index (κ1) is 19.5. The van der Waals surface area contributed by atoms with Crippen LogP contribution in [0.5, 0.6) is 0 Å². The van der Waals surface area contributed by atoms with Crippen molar-refractivity contribution in [2.75, 3.05) is 7.11 Å². The molecule has 1 aliphatic rings. The van der Waals surface area contributed by atoms with E-state index in [4.69, 9.17) is 0 Å². The number of ether oxygens (including phenoxy) is 1. The van der Waals surface area contributed by atoms with Crippen LogP contribution < -0.4 is 0 Å². The van der Waals surface area contributed by atoms with E-state index < -0.39 is 11.8 Å². The van der Waals surface area contributed by atoms with Gasteiger partial charge in [-0.1, -0.05) is 18.2 Å². The summed E-state index contributed by atoms with van der Waals surface area (Å²) < 4.78 is 21.1. The summed E-state index contributed by atoms with van der Waals surface area (Å²) in [5.74, 6) is -0.742. The second-order valence-corrected chi connectivity index (χ2v) is 8.34. The lowest BCUT2D eigenvalue weighted by Crippen LogP contribution is -2.12. The number of nitrogens with zero attached hydrogens (tertiary/aromatic N) is 4. The molecule has 33 heavy (non-hydrogen) atoms. The summed E-state index contributed by atoms with van der Waals surface area (Å²) in [5.41, 5.74) is 4.37. The van der Waals surface area contributed by atoms with Crippen LogP contribution in [0.15, 0.2) is 73.3 Å². The van der Waals surface area contributed by atoms with Crippen LogP contribution in [-0.2, 0) is 10.2 Å². The van der Waals surface area contributed by atoms with Gasteiger partial charge in [0.15, 0.2) is 0 Å². The van der Waals surface area contributed by atoms with Crippen LogP contribution in [0.1, 0.15) is 34.5 Å². The van der Waals surface area contributed by atoms with E-state index in [2.05, 4.69) is 44.0 Å². The fourth-order valence-corrected chi connectivity index (χ4v) is 4.54. The first-order valence-corrected chi connectivity index (χ1v) is 10.7. The van der Waals surface area contributed by atoms with Gasteiger partial charge in [0.05, 0.1) is 30.1 Å². The zero-order valence-corrected chi connectivity index (χ0v) is 17.8. The molecule has 0 unspecified atom stereocenters. The van der Waals surface area contributed by atoms with Crippen molar-refractivity contribution in [3.63, 3.8) is 0 Å². The van der Waals surface area contributed by atoms with Gasteiger partial charge in [-0.3, -0.25) is 9.38 Å². The molecule has 0 saturated heterocycles. The van der Waals surface area contributed by atoms with Crippen molar-refractivity contribution in [1.82, 2.24) is 19.4 Å². The molecule has 0 amide bonds. The van der Waals surface area contributed by atoms with Crippen molar-refractivity contribution in [1.29, 1.82) is 0 Å². The lowest BCUT2D eigenvalue weighted by molar-refractivity contribution is 0.0595. The second kappa shape index (κ2) is 7.20. The van der Waals surface area contributed by atoms with Gasteiger partial charge in [-0.15, -0.1) is 0 Å². The van der Waals surface area contributed by atoms with Crippen molar-refractivity contribution in [3.8, 4) is 11.1 Å². The molecule has 162 valence electrons. The topological polar surface area (TPSA) is 69.4 Å². The van der Waals surface area contributed by atoms with E-state index in [1.54, 1.807) is 18.5 Å². The summed E-state index contributed by atoms with van der Waals surface area (Å²) in [6.45, 7) is 0. The zero-order valence-electron chi connectivity index (χ0n) is 17.8. The Morgan fingerprint density at radius 3 is 2.67 bits per heavy atom. The van der Waals surface area contributed by atoms with Crippen LogP contribution in [0.4, 0.5) is 4.39 Å². The summed E-state index contributed by atoms with van der Waals surface area (Å²) in [5, 5.41) is 1.11. The minimum absolute atomic E-state index is 0.0960. The maximum Gasteiger partial charge on any atom is 0.340 e. The molecular weight excluding hydrogens is 419 g/mol. The lowest BCUT2D eigenvalue weighted by atomic mass is 9.91. The Bertz CT molecular complexity index is 1560. The molecule has 2 aromatic carbocycles. The number of imidazole rings is 1. The van der Waals surface area contributed by atoms with Crippen molar-refractivity contribution in [3.05, 3.63) is 96.0 Å². The Hall–Kier alpha value is -4.13. The van der Waals surface area contributed by atoms with E-state index in [-0.39, 0.29) is 11.0 Å². The van der Waals surface area contributed by atoms with Crippen molar-refractivity contribution >= 4 is 22.6 Å². The summed E-state index contributed by atoms with van der Waals surface area (Å²) in [6, 6.07) is 14.9. The molecule has 3 aromatic heterocycles. The monoisotopic (exact) mass is 438 g/mol. The molecule has 0 aliphatic heterocycles. The molecule has 0 atom stereocenters. The molecule has 0 spiro atoms. The van der Waals surface area contributed by atoms with Crippen LogP contribution in [0, 0.1) is 5.82 Å². The van der Waals surface area contributed by atoms with Gasteiger partial charge in [-0.05, 0) is 54.3 Å². The van der Waals surface area contributed by atoms with Crippen molar-refractivity contribution < 1.29 is 13.9 Å². The predicted octanol–water partition coefficient (Wildman–Crippen LogP) is 4.95. The fourth-order valence-electron chi connectivity index (χ4n) is 4.54. The largest absolute Gasteiger partial charge is 0.465 e. The molecule has 0 N–H and O–H groups in total. The number of hydrogen-bond acceptors (Lipinski definition) is 5. The van der Waals surface area contributed by atoms with Gasteiger partial charge in [0.1, 0.15) is 5.82 Å². The number of carbonyl (C=O) groups is 1. The van der Waals surface area contributed by atoms with Gasteiger partial charge < -0.3 is 4.74 Å². The minimum Gasteiger partial charge on any atom is -0.465 e. The SMILES string of the molecule is COC(=O)c1ccc(-c2cnc3ncc(C4(c5ccc6ncccc6c5)CC4)n3c2)cc1F. The molecule has 1 saturated carbocycles. The Labute approximate surface area is 188 Å². The quantitative estimate of drug-likeness (QED) is 0.372. The third kappa shape index (κ3) is 3.08. The highest BCUT2D eigenvalue weighted by Crippen LogP contribution is 2.53. The first-order chi connectivity index (χ1) is 16.1. The predicted molar refractivity (Wildman–Crippen MR) is 121 cm³/mol. The number of methoxy groups -OCH3 is 1. The van der Waals surface area contributed by atoms with Crippen molar-refractivity contribution in [2.45, 2.75) is 18.3 Å². The Morgan fingerprint density at radius 2 is 1.88 bits per heavy atom. The molecule has 6 nitrogen and oxygen atoms in total. The molecular formula is C26H19FN4O2. The Kier molecular flexibility index (Phi) is 4.26. The number of pyridine rings is 1. The van der Waals surface area contributed by atoms with Crippen LogP contribution in [0.25, 0.3) is 27.8 Å².